The molecule has 0 radical (unpaired) electrons. The maximum absolute atomic E-state index is 8.91. The Labute approximate surface area is 86.5 Å². The normalized spacial score (nSPS) is 21.9. The Balaban J connectivity index is 1.51. The third kappa shape index (κ3) is 3.56. The van der Waals surface area contributed by atoms with Crippen molar-refractivity contribution in [1.82, 2.24) is 10.2 Å². The van der Waals surface area contributed by atoms with Gasteiger partial charge in [-0.05, 0) is 45.2 Å². The number of hydrogen-bond acceptors (Lipinski definition) is 3. The van der Waals surface area contributed by atoms with Crippen molar-refractivity contribution in [2.24, 2.45) is 0 Å². The Bertz CT molecular complexity index is 167. The minimum atomic E-state index is 0.312. The third-order valence-electron chi connectivity index (χ3n) is 3.08. The van der Waals surface area contributed by atoms with E-state index >= 15 is 0 Å². The predicted molar refractivity (Wildman–Crippen MR) is 57.3 cm³/mol. The van der Waals surface area contributed by atoms with Crippen molar-refractivity contribution in [2.75, 3.05) is 26.2 Å². The van der Waals surface area contributed by atoms with Crippen molar-refractivity contribution in [3.8, 4) is 0 Å². The van der Waals surface area contributed by atoms with Crippen LogP contribution in [0.25, 0.3) is 0 Å². The second-order valence-corrected chi connectivity index (χ2v) is 4.57. The zero-order valence-corrected chi connectivity index (χ0v) is 8.91. The molecule has 2 aliphatic carbocycles. The van der Waals surface area contributed by atoms with E-state index in [-0.39, 0.29) is 0 Å². The van der Waals surface area contributed by atoms with E-state index in [0.717, 1.165) is 31.7 Å². The second-order valence-electron chi connectivity index (χ2n) is 4.57. The molecule has 0 heterocycles. The fourth-order valence-corrected chi connectivity index (χ4v) is 1.92. The highest BCUT2D eigenvalue weighted by Crippen LogP contribution is 2.26. The van der Waals surface area contributed by atoms with Crippen LogP contribution in [0.1, 0.15) is 32.1 Å². The fourth-order valence-electron chi connectivity index (χ4n) is 1.92. The number of aliphatic hydroxyl groups excluding tert-OH is 1. The summed E-state index contributed by atoms with van der Waals surface area (Å²) in [6.07, 6.45) is 6.67. The van der Waals surface area contributed by atoms with E-state index < -0.39 is 0 Å². The van der Waals surface area contributed by atoms with Crippen LogP contribution in [-0.2, 0) is 0 Å². The molecule has 3 heteroatoms. The Kier molecular flexibility index (Phi) is 3.79. The lowest BCUT2D eigenvalue weighted by atomic mass is 10.3. The number of hydrogen-bond donors (Lipinski definition) is 2. The summed E-state index contributed by atoms with van der Waals surface area (Å²) in [7, 11) is 0. The molecule has 0 spiro atoms. The van der Waals surface area contributed by atoms with Gasteiger partial charge in [-0.2, -0.15) is 0 Å². The maximum atomic E-state index is 8.91. The quantitative estimate of drug-likeness (QED) is 0.560. The largest absolute Gasteiger partial charge is 0.395 e. The van der Waals surface area contributed by atoms with Gasteiger partial charge in [-0.1, -0.05) is 0 Å². The lowest BCUT2D eigenvalue weighted by Gasteiger charge is -2.20. The summed E-state index contributed by atoms with van der Waals surface area (Å²) in [4.78, 5) is 2.44. The first-order valence-corrected chi connectivity index (χ1v) is 5.98. The number of nitrogens with zero attached hydrogens (tertiary/aromatic N) is 1. The van der Waals surface area contributed by atoms with Crippen molar-refractivity contribution in [3.63, 3.8) is 0 Å². The van der Waals surface area contributed by atoms with E-state index in [9.17, 15) is 0 Å². The lowest BCUT2D eigenvalue weighted by Crippen LogP contribution is -2.32. The van der Waals surface area contributed by atoms with E-state index in [1.54, 1.807) is 0 Å². The van der Waals surface area contributed by atoms with Gasteiger partial charge in [0, 0.05) is 18.6 Å². The molecule has 2 aliphatic rings. The van der Waals surface area contributed by atoms with Crippen LogP contribution >= 0.6 is 0 Å². The van der Waals surface area contributed by atoms with E-state index in [2.05, 4.69) is 10.2 Å². The topological polar surface area (TPSA) is 35.5 Å². The monoisotopic (exact) mass is 198 g/mol. The van der Waals surface area contributed by atoms with Crippen LogP contribution in [0.5, 0.6) is 0 Å². The molecule has 2 saturated carbocycles. The highest BCUT2D eigenvalue weighted by molar-refractivity contribution is 4.85. The second kappa shape index (κ2) is 5.10. The van der Waals surface area contributed by atoms with Crippen LogP contribution in [0.4, 0.5) is 0 Å². The summed E-state index contributed by atoms with van der Waals surface area (Å²) in [6.45, 7) is 3.49. The third-order valence-corrected chi connectivity index (χ3v) is 3.08. The molecule has 0 aromatic rings. The van der Waals surface area contributed by atoms with E-state index in [4.69, 9.17) is 5.11 Å². The van der Waals surface area contributed by atoms with Gasteiger partial charge in [0.2, 0.25) is 0 Å². The van der Waals surface area contributed by atoms with Crippen LogP contribution < -0.4 is 5.32 Å². The summed E-state index contributed by atoms with van der Waals surface area (Å²) in [5.41, 5.74) is 0. The average molecular weight is 198 g/mol. The van der Waals surface area contributed by atoms with Crippen molar-refractivity contribution < 1.29 is 5.11 Å². The van der Waals surface area contributed by atoms with Crippen LogP contribution in [0.15, 0.2) is 0 Å². The first-order valence-electron chi connectivity index (χ1n) is 5.98. The minimum Gasteiger partial charge on any atom is -0.395 e. The molecule has 3 nitrogen and oxygen atoms in total. The van der Waals surface area contributed by atoms with Crippen molar-refractivity contribution in [1.29, 1.82) is 0 Å². The highest BCUT2D eigenvalue weighted by Gasteiger charge is 2.28. The lowest BCUT2D eigenvalue weighted by molar-refractivity contribution is 0.187. The van der Waals surface area contributed by atoms with Gasteiger partial charge < -0.3 is 10.4 Å². The summed E-state index contributed by atoms with van der Waals surface area (Å²) >= 11 is 0. The van der Waals surface area contributed by atoms with Gasteiger partial charge >= 0.3 is 0 Å². The Morgan fingerprint density at radius 2 is 1.93 bits per heavy atom. The van der Waals surface area contributed by atoms with Crippen molar-refractivity contribution in [3.05, 3.63) is 0 Å². The molecular formula is C11H22N2O. The van der Waals surface area contributed by atoms with Crippen LogP contribution in [-0.4, -0.2) is 48.3 Å². The molecular weight excluding hydrogens is 176 g/mol. The molecule has 14 heavy (non-hydrogen) atoms. The summed E-state index contributed by atoms with van der Waals surface area (Å²) in [6, 6.07) is 1.63. The van der Waals surface area contributed by atoms with Gasteiger partial charge in [0.25, 0.3) is 0 Å². The molecule has 0 amide bonds. The number of rotatable bonds is 8. The Hall–Kier alpha value is -0.120. The fraction of sp³-hybridized carbons (Fsp3) is 1.00. The smallest absolute Gasteiger partial charge is 0.0558 e. The maximum Gasteiger partial charge on any atom is 0.0558 e. The molecule has 0 atom stereocenters. The zero-order valence-electron chi connectivity index (χ0n) is 8.91. The summed E-state index contributed by atoms with van der Waals surface area (Å²) in [5.74, 6) is 0. The SMILES string of the molecule is OCCN(CCCNC1CC1)C1CC1. The van der Waals surface area contributed by atoms with Gasteiger partial charge in [-0.3, -0.25) is 4.90 Å². The zero-order chi connectivity index (χ0) is 9.80. The van der Waals surface area contributed by atoms with E-state index in [0.29, 0.717) is 6.61 Å². The van der Waals surface area contributed by atoms with Crippen molar-refractivity contribution >= 4 is 0 Å². The van der Waals surface area contributed by atoms with Gasteiger partial charge in [0.05, 0.1) is 6.61 Å². The molecule has 0 aromatic carbocycles. The average Bonchev–Trinajstić information content (AvgIpc) is 3.03. The van der Waals surface area contributed by atoms with Crippen LogP contribution in [0.2, 0.25) is 0 Å². The minimum absolute atomic E-state index is 0.312. The Morgan fingerprint density at radius 3 is 2.50 bits per heavy atom. The number of aliphatic hydroxyl groups is 1. The van der Waals surface area contributed by atoms with Gasteiger partial charge in [0.15, 0.2) is 0 Å². The molecule has 0 unspecified atom stereocenters. The predicted octanol–water partition coefficient (Wildman–Crippen LogP) is 0.585. The molecule has 2 N–H and O–H groups in total. The standard InChI is InChI=1S/C11H22N2O/c14-9-8-13(11-4-5-11)7-1-6-12-10-2-3-10/h10-12,14H,1-9H2. The molecule has 2 fully saturated rings. The first-order chi connectivity index (χ1) is 6.90. The van der Waals surface area contributed by atoms with E-state index in [1.807, 2.05) is 0 Å². The van der Waals surface area contributed by atoms with Crippen LogP contribution in [0.3, 0.4) is 0 Å². The highest BCUT2D eigenvalue weighted by atomic mass is 16.3. The van der Waals surface area contributed by atoms with Crippen LogP contribution in [0, 0.1) is 0 Å². The van der Waals surface area contributed by atoms with Gasteiger partial charge in [0.1, 0.15) is 0 Å². The molecule has 0 aliphatic heterocycles. The molecule has 0 saturated heterocycles. The first kappa shape index (κ1) is 10.4. The molecule has 0 bridgehead atoms. The molecule has 2 rings (SSSR count). The molecule has 82 valence electrons. The Morgan fingerprint density at radius 1 is 1.14 bits per heavy atom. The van der Waals surface area contributed by atoms with E-state index in [1.165, 1.54) is 32.1 Å². The van der Waals surface area contributed by atoms with Gasteiger partial charge in [-0.25, -0.2) is 0 Å². The molecule has 0 aromatic heterocycles. The van der Waals surface area contributed by atoms with Crippen molar-refractivity contribution in [2.45, 2.75) is 44.2 Å². The van der Waals surface area contributed by atoms with Gasteiger partial charge in [-0.15, -0.1) is 0 Å². The summed E-state index contributed by atoms with van der Waals surface area (Å²) in [5, 5.41) is 12.4. The number of nitrogens with one attached hydrogen (secondary N) is 1. The summed E-state index contributed by atoms with van der Waals surface area (Å²) < 4.78 is 0.